The van der Waals surface area contributed by atoms with Crippen molar-refractivity contribution in [3.63, 3.8) is 0 Å². The first-order valence-corrected chi connectivity index (χ1v) is 48.6. The molecule has 4 saturated heterocycles. The van der Waals surface area contributed by atoms with Crippen LogP contribution in [0.3, 0.4) is 0 Å². The third-order valence-corrected chi connectivity index (χ3v) is 28.9. The van der Waals surface area contributed by atoms with Gasteiger partial charge < -0.3 is 99.0 Å². The quantitative estimate of drug-likeness (QED) is 0.0130. The van der Waals surface area contributed by atoms with Crippen LogP contribution in [0.1, 0.15) is 170 Å². The zero-order valence-electron chi connectivity index (χ0n) is 80.5. The number of piperazine rings is 2. The van der Waals surface area contributed by atoms with Gasteiger partial charge in [-0.1, -0.05) is 94.4 Å². The number of fused-ring (bicyclic) bond motifs is 7. The number of carbonyl (C=O) groups is 6. The van der Waals surface area contributed by atoms with Crippen molar-refractivity contribution in [2.45, 2.75) is 225 Å². The molecule has 8 N–H and O–H groups in total. The van der Waals surface area contributed by atoms with Gasteiger partial charge in [0.2, 0.25) is 23.6 Å². The molecule has 2 aromatic carbocycles. The van der Waals surface area contributed by atoms with Crippen LogP contribution in [-0.2, 0) is 89.7 Å². The molecule has 738 valence electrons. The second-order valence-electron chi connectivity index (χ2n) is 38.5. The summed E-state index contributed by atoms with van der Waals surface area (Å²) >= 11 is 0. The van der Waals surface area contributed by atoms with E-state index < -0.39 is 90.7 Å². The van der Waals surface area contributed by atoms with Crippen LogP contribution in [0.15, 0.2) is 118 Å². The van der Waals surface area contributed by atoms with E-state index in [4.69, 9.17) is 64.2 Å². The van der Waals surface area contributed by atoms with Crippen LogP contribution in [0.5, 0.6) is 0 Å². The number of allylic oxidation sites excluding steroid dienone is 5. The molecule has 0 spiro atoms. The summed E-state index contributed by atoms with van der Waals surface area (Å²) in [5.74, 6) is -6.40. The average Bonchev–Trinajstić information content (AvgIpc) is 1.66. The van der Waals surface area contributed by atoms with Crippen molar-refractivity contribution < 1.29 is 86.9 Å². The van der Waals surface area contributed by atoms with Gasteiger partial charge in [0.1, 0.15) is 47.7 Å². The van der Waals surface area contributed by atoms with Gasteiger partial charge in [0.25, 0.3) is 29.5 Å². The summed E-state index contributed by atoms with van der Waals surface area (Å²) in [5, 5.41) is 57.9. The number of Topliss-reactive ketones (excluding diaryl/α,β-unsaturated/α-hetero) is 1. The third-order valence-electron chi connectivity index (χ3n) is 28.9. The lowest BCUT2D eigenvalue weighted by Gasteiger charge is -2.43. The van der Waals surface area contributed by atoms with Crippen LogP contribution >= 0.6 is 0 Å². The molecule has 7 aromatic rings. The molecule has 2 bridgehead atoms. The summed E-state index contributed by atoms with van der Waals surface area (Å²) in [4.78, 5) is 137. The number of rotatable bonds is 21. The number of aliphatic hydroxyl groups is 4. The van der Waals surface area contributed by atoms with E-state index >= 15 is 0 Å². The Balaban J connectivity index is 0.509. The summed E-state index contributed by atoms with van der Waals surface area (Å²) in [6, 6.07) is 10.7. The van der Waals surface area contributed by atoms with Crippen molar-refractivity contribution in [3.8, 4) is 11.3 Å². The van der Waals surface area contributed by atoms with Gasteiger partial charge in [0, 0.05) is 180 Å². The molecule has 1 aliphatic carbocycles. The Morgan fingerprint density at radius 1 is 0.701 bits per heavy atom. The highest BCUT2D eigenvalue weighted by Crippen LogP contribution is 2.41. The summed E-state index contributed by atoms with van der Waals surface area (Å²) in [6.07, 6.45) is 18.1. The lowest BCUT2D eigenvalue weighted by Crippen LogP contribution is -2.61. The van der Waals surface area contributed by atoms with E-state index in [1.54, 1.807) is 70.6 Å². The SMILES string of the molecule is CO[C@H]1C[C@@H]2CC[C@@H](C)[C@@](O)(O2)C(=O)C(=O)N2CCCC[C@H]2C(=O)O[C@H]([C@H](C)C[C@@H]2CC[C@@H](O)[C@H](OC)C2)C[C@@H](O)[C@H](C)/C=C(\C)[C@@H](O)[C@@H](OC)/C(=N/OCC(=O)N2CCc3nc(N4CCN(C(=O)CCOCCN5CCN(c6ncc(C(=O)N7CCc8cc(Cn9nc(-c%10ccc%11oc(N)nc%11c%10)c%10c(N)ncnc%109)ccc8C7)cn6)CC5)CC4)ncc3C2)[C@H](C)C[C@H](C)/C=C/C=CC=C1C. The van der Waals surface area contributed by atoms with E-state index in [-0.39, 0.29) is 92.3 Å². The first-order chi connectivity index (χ1) is 66.0. The second-order valence-corrected chi connectivity index (χ2v) is 38.5. The van der Waals surface area contributed by atoms with Crippen molar-refractivity contribution in [2.24, 2.45) is 40.7 Å². The van der Waals surface area contributed by atoms with Crippen molar-refractivity contribution in [2.75, 3.05) is 141 Å². The number of hydrogen-bond acceptors (Lipinski definition) is 32. The van der Waals surface area contributed by atoms with Crippen LogP contribution in [0, 0.1) is 35.5 Å². The lowest BCUT2D eigenvalue weighted by atomic mass is 9.78. The molecular formula is C100H135N19O18. The number of aliphatic hydroxyl groups excluding tert-OH is 3. The number of aromatic nitrogens is 9. The fraction of sp³-hybridized carbons (Fsp3) is 0.590. The number of carbonyl (C=O) groups excluding carboxylic acids is 6. The van der Waals surface area contributed by atoms with Crippen molar-refractivity contribution in [1.82, 2.24) is 69.2 Å². The molecule has 0 unspecified atom stereocenters. The fourth-order valence-corrected chi connectivity index (χ4v) is 20.5. The minimum Gasteiger partial charge on any atom is -0.460 e. The molecule has 5 aromatic heterocycles. The lowest BCUT2D eigenvalue weighted by molar-refractivity contribution is -0.265. The average molecular weight is 1890 g/mol. The maximum absolute atomic E-state index is 14.8. The number of nitrogens with zero attached hydrogens (tertiary/aromatic N) is 17. The zero-order valence-corrected chi connectivity index (χ0v) is 80.5. The number of hydrogen-bond donors (Lipinski definition) is 6. The first kappa shape index (κ1) is 100. The van der Waals surface area contributed by atoms with Crippen molar-refractivity contribution in [3.05, 3.63) is 142 Å². The van der Waals surface area contributed by atoms with E-state index in [0.717, 1.165) is 52.2 Å². The number of esters is 1. The number of benzene rings is 2. The molecule has 15 rings (SSSR count). The van der Waals surface area contributed by atoms with Crippen LogP contribution in [0.4, 0.5) is 23.7 Å². The summed E-state index contributed by atoms with van der Waals surface area (Å²) in [7, 11) is 4.63. The number of oxime groups is 1. The van der Waals surface area contributed by atoms with E-state index in [1.807, 2.05) is 77.8 Å². The minimum absolute atomic E-state index is 0.0235. The smallest absolute Gasteiger partial charge is 0.329 e. The van der Waals surface area contributed by atoms with E-state index in [1.165, 1.54) is 18.3 Å². The highest BCUT2D eigenvalue weighted by Gasteiger charge is 2.54. The normalized spacial score (nSPS) is 28.1. The number of methoxy groups -OCH3 is 3. The van der Waals surface area contributed by atoms with Crippen LogP contribution < -0.4 is 21.3 Å². The van der Waals surface area contributed by atoms with Crippen LogP contribution in [0.2, 0.25) is 0 Å². The molecule has 12 heterocycles. The molecule has 4 amide bonds. The summed E-state index contributed by atoms with van der Waals surface area (Å²) in [6.45, 7) is 21.4. The maximum Gasteiger partial charge on any atom is 0.329 e. The van der Waals surface area contributed by atoms with Gasteiger partial charge in [-0.25, -0.2) is 39.4 Å². The van der Waals surface area contributed by atoms with Crippen molar-refractivity contribution >= 4 is 87.0 Å². The largest absolute Gasteiger partial charge is 0.460 e. The van der Waals surface area contributed by atoms with E-state index in [9.17, 15) is 49.2 Å². The van der Waals surface area contributed by atoms with Crippen molar-refractivity contribution in [1.29, 1.82) is 0 Å². The van der Waals surface area contributed by atoms with E-state index in [0.29, 0.717) is 218 Å². The Bertz CT molecular complexity index is 5560. The number of ketones is 1. The highest BCUT2D eigenvalue weighted by molar-refractivity contribution is 6.39. The number of ether oxygens (including phenoxy) is 6. The molecule has 1 saturated carbocycles. The Morgan fingerprint density at radius 3 is 2.23 bits per heavy atom. The number of nitrogen functional groups attached to an aromatic ring is 2. The third kappa shape index (κ3) is 24.1. The predicted molar refractivity (Wildman–Crippen MR) is 512 cm³/mol. The number of oxazole rings is 1. The molecule has 7 aliphatic heterocycles. The van der Waals surface area contributed by atoms with Gasteiger partial charge in [-0.2, -0.15) is 10.1 Å². The standard InChI is InChI=1S/C100H135N19O18/c1-60-16-12-11-13-17-61(2)81(130-8)50-74-24-19-66(7)100(129,137-74)91(125)95(127)118-30-15-14-18-77(118)96(128)135-82(63(4)46-67-21-25-78(120)83(48-67)131-9)51-79(121)62(3)45-65(6)89(124)90(132-10)87(64(5)44-60)111-134-58-85(123)116-32-28-75-73(57-116)54-105-99(109-75)115-39-37-113(38-40-115)84(122)29-42-133-43-41-112-33-35-114(36-34-112)98-103-52-72(53-104-98)94(126)117-31-27-69-47-68(20-22-71(69)56-117)55-119-93-86(92(101)106-59-107-93)88(110-119)70-23-26-80-76(49-70)108-97(102)136-80/h11-13,16-17,20,22-23,26,45,47,49,52-54,59-60,62-64,66-67,74,77-79,81-83,89-90,120-121,124,129H,14-15,18-19,21,24-25,27-44,46,48,50-51,55-58H2,1-10H3,(H2,102,108)(H2,101,106,107)/b13-11?,16-12+,61-17?,65-45+,111-87+/t60-,62-,63-,64-,66-,67+,74+,77+,78-,79-,81+,82+,83-,89-,90+,100-/m1/s1. The Morgan fingerprint density at radius 2 is 1.46 bits per heavy atom. The van der Waals surface area contributed by atoms with E-state index in [2.05, 4.69) is 69.9 Å². The number of nitrogens with two attached hydrogens (primary N) is 2. The van der Waals surface area contributed by atoms with Crippen LogP contribution in [-0.4, -0.2) is 311 Å². The molecule has 37 nitrogen and oxygen atoms in total. The number of cyclic esters (lactones) is 1. The number of anilines is 4. The topological polar surface area (TPSA) is 456 Å². The van der Waals surface area contributed by atoms with Gasteiger partial charge in [-0.05, 0) is 148 Å². The molecule has 5 fully saturated rings. The maximum atomic E-state index is 14.8. The second kappa shape index (κ2) is 45.6. The molecule has 0 radical (unpaired) electrons. The summed E-state index contributed by atoms with van der Waals surface area (Å²) < 4.78 is 43.9. The molecular weight excluding hydrogens is 1760 g/mol. The summed E-state index contributed by atoms with van der Waals surface area (Å²) in [5.41, 5.74) is 22.4. The highest BCUT2D eigenvalue weighted by atomic mass is 16.6. The monoisotopic (exact) mass is 1890 g/mol. The number of piperidine rings is 1. The fourth-order valence-electron chi connectivity index (χ4n) is 20.5. The Hall–Kier alpha value is -11.1. The number of amides is 4. The molecule has 37 heteroatoms. The predicted octanol–water partition coefficient (Wildman–Crippen LogP) is 8.18. The molecule has 137 heavy (non-hydrogen) atoms. The van der Waals surface area contributed by atoms with Gasteiger partial charge >= 0.3 is 5.97 Å². The Labute approximate surface area is 799 Å². The minimum atomic E-state index is -2.47. The molecule has 16 atom stereocenters. The first-order valence-electron chi connectivity index (χ1n) is 48.6. The van der Waals surface area contributed by atoms with Gasteiger partial charge in [0.15, 0.2) is 17.8 Å². The Kier molecular flexibility index (Phi) is 33.4. The van der Waals surface area contributed by atoms with Gasteiger partial charge in [-0.15, -0.1) is 0 Å². The van der Waals surface area contributed by atoms with Gasteiger partial charge in [-0.3, -0.25) is 28.9 Å². The van der Waals surface area contributed by atoms with Crippen LogP contribution in [0.25, 0.3) is 33.4 Å². The molecule has 8 aliphatic rings. The zero-order chi connectivity index (χ0) is 96.9. The van der Waals surface area contributed by atoms with Gasteiger partial charge in [0.05, 0.1) is 79.1 Å².